The molecule has 5 saturated carbocycles. The van der Waals surface area contributed by atoms with Crippen LogP contribution >= 0.6 is 0 Å². The number of carbonyl (C=O) groups is 1. The third kappa shape index (κ3) is 2.41. The van der Waals surface area contributed by atoms with Crippen molar-refractivity contribution in [1.29, 1.82) is 10.5 Å². The van der Waals surface area contributed by atoms with Crippen LogP contribution in [0.2, 0.25) is 0 Å². The first-order valence-corrected chi connectivity index (χ1v) is 10.2. The highest BCUT2D eigenvalue weighted by atomic mass is 16.1. The van der Waals surface area contributed by atoms with Gasteiger partial charge in [-0.05, 0) is 61.8 Å². The summed E-state index contributed by atoms with van der Waals surface area (Å²) >= 11 is 0. The van der Waals surface area contributed by atoms with Gasteiger partial charge in [0.15, 0.2) is 5.41 Å². The number of benzene rings is 1. The van der Waals surface area contributed by atoms with E-state index in [0.29, 0.717) is 17.8 Å². The van der Waals surface area contributed by atoms with Gasteiger partial charge in [-0.25, -0.2) is 0 Å². The van der Waals surface area contributed by atoms with Crippen LogP contribution in [0.15, 0.2) is 36.4 Å². The van der Waals surface area contributed by atoms with E-state index in [-0.39, 0.29) is 17.1 Å². The van der Waals surface area contributed by atoms with Gasteiger partial charge in [0, 0.05) is 11.3 Å². The van der Waals surface area contributed by atoms with E-state index in [0.717, 1.165) is 24.8 Å². The van der Waals surface area contributed by atoms with E-state index < -0.39 is 11.3 Å². The van der Waals surface area contributed by atoms with E-state index in [1.165, 1.54) is 19.3 Å². The second kappa shape index (κ2) is 5.80. The fraction of sp³-hybridized carbons (Fsp3) is 0.542. The highest BCUT2D eigenvalue weighted by Crippen LogP contribution is 2.67. The molecule has 2 atom stereocenters. The minimum atomic E-state index is -1.16. The van der Waals surface area contributed by atoms with Crippen molar-refractivity contribution in [3.05, 3.63) is 42.0 Å². The lowest BCUT2D eigenvalue weighted by atomic mass is 9.48. The third-order valence-electron chi connectivity index (χ3n) is 7.78. The summed E-state index contributed by atoms with van der Waals surface area (Å²) < 4.78 is 0. The van der Waals surface area contributed by atoms with Crippen LogP contribution in [0.4, 0.5) is 0 Å². The standard InChI is InChI=1S/C24H24N2O/c25-14-24(15-26)20(7-6-16-4-2-1-3-5-16)21(24)22(27)23-11-17-8-18(12-23)10-19(9-17)13-23/h1-7,17-21H,8-13H2/b7-6+. The zero-order valence-electron chi connectivity index (χ0n) is 15.5. The molecule has 0 aromatic heterocycles. The fourth-order valence-corrected chi connectivity index (χ4v) is 6.88. The maximum absolute atomic E-state index is 13.7. The van der Waals surface area contributed by atoms with Gasteiger partial charge in [-0.15, -0.1) is 0 Å². The maximum atomic E-state index is 13.7. The number of hydrogen-bond donors (Lipinski definition) is 0. The van der Waals surface area contributed by atoms with Crippen molar-refractivity contribution in [3.63, 3.8) is 0 Å². The fourth-order valence-electron chi connectivity index (χ4n) is 6.88. The van der Waals surface area contributed by atoms with Gasteiger partial charge in [0.2, 0.25) is 0 Å². The zero-order valence-corrected chi connectivity index (χ0v) is 15.5. The Bertz CT molecular complexity index is 836. The molecule has 0 spiro atoms. The van der Waals surface area contributed by atoms with Crippen molar-refractivity contribution in [2.24, 2.45) is 40.4 Å². The predicted octanol–water partition coefficient (Wildman–Crippen LogP) is 4.76. The molecule has 1 aromatic carbocycles. The summed E-state index contributed by atoms with van der Waals surface area (Å²) in [5.41, 5.74) is -0.366. The SMILES string of the molecule is N#CC1(C#N)C(/C=C/c2ccccc2)C1C(=O)C12CC3CC(CC(C3)C1)C2. The van der Waals surface area contributed by atoms with Crippen LogP contribution in [0.1, 0.15) is 44.1 Å². The van der Waals surface area contributed by atoms with Crippen LogP contribution in [-0.4, -0.2) is 5.78 Å². The minimum Gasteiger partial charge on any atom is -0.299 e. The number of nitriles is 2. The molecule has 0 amide bonds. The van der Waals surface area contributed by atoms with Crippen LogP contribution in [0.5, 0.6) is 0 Å². The molecule has 27 heavy (non-hydrogen) atoms. The topological polar surface area (TPSA) is 64.7 Å². The molecule has 0 radical (unpaired) electrons. The lowest BCUT2D eigenvalue weighted by Gasteiger charge is -2.56. The minimum absolute atomic E-state index is 0.229. The Morgan fingerprint density at radius 1 is 0.963 bits per heavy atom. The van der Waals surface area contributed by atoms with Gasteiger partial charge in [-0.2, -0.15) is 10.5 Å². The van der Waals surface area contributed by atoms with E-state index >= 15 is 0 Å². The number of ketones is 1. The molecule has 6 rings (SSSR count). The maximum Gasteiger partial charge on any atom is 0.161 e. The number of hydrogen-bond acceptors (Lipinski definition) is 3. The Kier molecular flexibility index (Phi) is 3.60. The summed E-state index contributed by atoms with van der Waals surface area (Å²) in [5.74, 6) is 1.59. The molecule has 136 valence electrons. The molecule has 5 fully saturated rings. The first-order chi connectivity index (χ1) is 13.1. The monoisotopic (exact) mass is 356 g/mol. The average Bonchev–Trinajstić information content (AvgIpc) is 3.33. The molecule has 3 nitrogen and oxygen atoms in total. The Morgan fingerprint density at radius 2 is 1.52 bits per heavy atom. The van der Waals surface area contributed by atoms with E-state index in [1.54, 1.807) is 0 Å². The Morgan fingerprint density at radius 3 is 2.04 bits per heavy atom. The first-order valence-electron chi connectivity index (χ1n) is 10.2. The summed E-state index contributed by atoms with van der Waals surface area (Å²) in [5, 5.41) is 19.5. The van der Waals surface area contributed by atoms with E-state index in [9.17, 15) is 15.3 Å². The number of nitrogens with zero attached hydrogens (tertiary/aromatic N) is 2. The molecule has 0 aliphatic heterocycles. The number of allylic oxidation sites excluding steroid dienone is 1. The molecule has 5 aliphatic rings. The number of carbonyl (C=O) groups excluding carboxylic acids is 1. The second-order valence-electron chi connectivity index (χ2n) is 9.43. The smallest absolute Gasteiger partial charge is 0.161 e. The van der Waals surface area contributed by atoms with Crippen molar-refractivity contribution in [2.45, 2.75) is 38.5 Å². The predicted molar refractivity (Wildman–Crippen MR) is 102 cm³/mol. The van der Waals surface area contributed by atoms with Crippen molar-refractivity contribution in [1.82, 2.24) is 0 Å². The average molecular weight is 356 g/mol. The summed E-state index contributed by atoms with van der Waals surface area (Å²) in [6, 6.07) is 14.3. The lowest BCUT2D eigenvalue weighted by Crippen LogP contribution is -2.50. The van der Waals surface area contributed by atoms with Crippen molar-refractivity contribution in [3.8, 4) is 12.1 Å². The quantitative estimate of drug-likeness (QED) is 0.781. The van der Waals surface area contributed by atoms with Crippen LogP contribution in [0.25, 0.3) is 6.08 Å². The van der Waals surface area contributed by atoms with Gasteiger partial charge in [0.05, 0.1) is 18.1 Å². The Labute approximate surface area is 160 Å². The third-order valence-corrected chi connectivity index (χ3v) is 7.78. The molecule has 3 heteroatoms. The molecule has 0 N–H and O–H groups in total. The summed E-state index contributed by atoms with van der Waals surface area (Å²) in [7, 11) is 0. The highest BCUT2D eigenvalue weighted by Gasteiger charge is 2.72. The summed E-state index contributed by atoms with van der Waals surface area (Å²) in [6.07, 6.45) is 10.7. The Balaban J connectivity index is 1.43. The number of rotatable bonds is 4. The Hall–Kier alpha value is -2.39. The zero-order chi connectivity index (χ0) is 18.6. The van der Waals surface area contributed by atoms with E-state index in [4.69, 9.17) is 0 Å². The summed E-state index contributed by atoms with van der Waals surface area (Å²) in [6.45, 7) is 0. The van der Waals surface area contributed by atoms with Crippen LogP contribution < -0.4 is 0 Å². The van der Waals surface area contributed by atoms with E-state index in [2.05, 4.69) is 12.1 Å². The second-order valence-corrected chi connectivity index (χ2v) is 9.43. The molecule has 0 heterocycles. The normalized spacial score (nSPS) is 40.4. The van der Waals surface area contributed by atoms with Gasteiger partial charge in [-0.3, -0.25) is 4.79 Å². The van der Waals surface area contributed by atoms with Gasteiger partial charge in [0.25, 0.3) is 0 Å². The molecule has 1 aromatic rings. The van der Waals surface area contributed by atoms with Gasteiger partial charge in [-0.1, -0.05) is 42.5 Å². The van der Waals surface area contributed by atoms with Crippen LogP contribution in [0, 0.1) is 63.1 Å². The van der Waals surface area contributed by atoms with Crippen LogP contribution in [-0.2, 0) is 4.79 Å². The number of Topliss-reactive ketones (excluding diaryl/α,β-unsaturated/α-hetero) is 1. The van der Waals surface area contributed by atoms with E-state index in [1.807, 2.05) is 42.5 Å². The van der Waals surface area contributed by atoms with Crippen molar-refractivity contribution >= 4 is 11.9 Å². The molecule has 2 unspecified atom stereocenters. The van der Waals surface area contributed by atoms with Gasteiger partial charge < -0.3 is 0 Å². The van der Waals surface area contributed by atoms with Crippen molar-refractivity contribution in [2.75, 3.05) is 0 Å². The molecule has 0 saturated heterocycles. The first kappa shape index (κ1) is 16.8. The lowest BCUT2D eigenvalue weighted by molar-refractivity contribution is -0.145. The molecular formula is C24H24N2O. The van der Waals surface area contributed by atoms with Crippen molar-refractivity contribution < 1.29 is 4.79 Å². The van der Waals surface area contributed by atoms with Crippen LogP contribution in [0.3, 0.4) is 0 Å². The highest BCUT2D eigenvalue weighted by molar-refractivity contribution is 5.93. The molecule has 4 bridgehead atoms. The molecule has 5 aliphatic carbocycles. The summed E-state index contributed by atoms with van der Waals surface area (Å²) in [4.78, 5) is 13.7. The molecular weight excluding hydrogens is 332 g/mol. The van der Waals surface area contributed by atoms with Gasteiger partial charge >= 0.3 is 0 Å². The largest absolute Gasteiger partial charge is 0.299 e. The van der Waals surface area contributed by atoms with Gasteiger partial charge in [0.1, 0.15) is 5.78 Å².